The number of amidine groups is 1. The van der Waals surface area contributed by atoms with Crippen LogP contribution in [0.25, 0.3) is 0 Å². The van der Waals surface area contributed by atoms with E-state index in [2.05, 4.69) is 18.8 Å². The molecule has 0 radical (unpaired) electrons. The van der Waals surface area contributed by atoms with Gasteiger partial charge < -0.3 is 5.73 Å². The SMILES string of the molecule is Br.CC(C)CC1CCSC(N)=N1. The normalized spacial score (nSPS) is 23.2. The van der Waals surface area contributed by atoms with Gasteiger partial charge in [-0.3, -0.25) is 4.99 Å². The largest absolute Gasteiger partial charge is 0.379 e. The van der Waals surface area contributed by atoms with E-state index in [1.807, 2.05) is 0 Å². The summed E-state index contributed by atoms with van der Waals surface area (Å²) in [6.07, 6.45) is 2.38. The second kappa shape index (κ2) is 5.86. The van der Waals surface area contributed by atoms with E-state index >= 15 is 0 Å². The highest BCUT2D eigenvalue weighted by Crippen LogP contribution is 2.20. The van der Waals surface area contributed by atoms with Gasteiger partial charge in [0.15, 0.2) is 5.17 Å². The van der Waals surface area contributed by atoms with E-state index in [9.17, 15) is 0 Å². The lowest BCUT2D eigenvalue weighted by molar-refractivity contribution is 0.489. The summed E-state index contributed by atoms with van der Waals surface area (Å²) in [7, 11) is 0. The Balaban J connectivity index is 0.00000121. The summed E-state index contributed by atoms with van der Waals surface area (Å²) in [5, 5.41) is 0.780. The number of nitrogens with two attached hydrogens (primary N) is 1. The Kier molecular flexibility index (Phi) is 6.01. The van der Waals surface area contributed by atoms with Crippen molar-refractivity contribution in [3.63, 3.8) is 0 Å². The average Bonchev–Trinajstić information content (AvgIpc) is 1.85. The maximum atomic E-state index is 5.61. The Labute approximate surface area is 89.2 Å². The summed E-state index contributed by atoms with van der Waals surface area (Å²) >= 11 is 1.68. The van der Waals surface area contributed by atoms with Gasteiger partial charge in [-0.2, -0.15) is 0 Å². The molecule has 0 aliphatic carbocycles. The van der Waals surface area contributed by atoms with Crippen molar-refractivity contribution in [3.05, 3.63) is 0 Å². The van der Waals surface area contributed by atoms with Crippen LogP contribution in [0.15, 0.2) is 4.99 Å². The molecule has 2 nitrogen and oxygen atoms in total. The number of nitrogens with zero attached hydrogens (tertiary/aromatic N) is 1. The molecule has 1 rings (SSSR count). The summed E-state index contributed by atoms with van der Waals surface area (Å²) in [5.74, 6) is 1.88. The van der Waals surface area contributed by atoms with Gasteiger partial charge in [0.05, 0.1) is 6.04 Å². The number of halogens is 1. The van der Waals surface area contributed by atoms with Crippen molar-refractivity contribution < 1.29 is 0 Å². The molecule has 0 bridgehead atoms. The molecular weight excluding hydrogens is 236 g/mol. The minimum absolute atomic E-state index is 0. The summed E-state index contributed by atoms with van der Waals surface area (Å²) < 4.78 is 0. The molecule has 1 atom stereocenters. The summed E-state index contributed by atoms with van der Waals surface area (Å²) in [4.78, 5) is 4.38. The van der Waals surface area contributed by atoms with Crippen LogP contribution in [0.2, 0.25) is 0 Å². The Hall–Kier alpha value is 0.300. The minimum atomic E-state index is 0. The summed E-state index contributed by atoms with van der Waals surface area (Å²) in [5.41, 5.74) is 5.61. The van der Waals surface area contributed by atoms with Crippen LogP contribution in [-0.2, 0) is 0 Å². The molecule has 72 valence electrons. The Morgan fingerprint density at radius 3 is 2.83 bits per heavy atom. The summed E-state index contributed by atoms with van der Waals surface area (Å²) in [6.45, 7) is 4.46. The highest BCUT2D eigenvalue weighted by atomic mass is 79.9. The molecule has 0 saturated heterocycles. The molecule has 0 aromatic rings. The Morgan fingerprint density at radius 1 is 1.67 bits per heavy atom. The number of aliphatic imine (C=N–C) groups is 1. The van der Waals surface area contributed by atoms with E-state index in [0.717, 1.165) is 16.8 Å². The van der Waals surface area contributed by atoms with Gasteiger partial charge in [-0.05, 0) is 18.8 Å². The van der Waals surface area contributed by atoms with Gasteiger partial charge in [-0.25, -0.2) is 0 Å². The molecule has 0 spiro atoms. The van der Waals surface area contributed by atoms with Crippen LogP contribution in [-0.4, -0.2) is 17.0 Å². The molecule has 1 heterocycles. The first-order valence-corrected chi connectivity index (χ1v) is 5.13. The van der Waals surface area contributed by atoms with Crippen LogP contribution in [0.3, 0.4) is 0 Å². The zero-order valence-corrected chi connectivity index (χ0v) is 10.1. The maximum Gasteiger partial charge on any atom is 0.154 e. The van der Waals surface area contributed by atoms with Crippen LogP contribution < -0.4 is 5.73 Å². The first-order valence-electron chi connectivity index (χ1n) is 4.14. The lowest BCUT2D eigenvalue weighted by Crippen LogP contribution is -2.21. The Morgan fingerprint density at radius 2 is 2.33 bits per heavy atom. The number of hydrogen-bond acceptors (Lipinski definition) is 3. The molecule has 0 fully saturated rings. The third-order valence-electron chi connectivity index (χ3n) is 1.75. The molecule has 0 amide bonds. The van der Waals surface area contributed by atoms with Gasteiger partial charge in [0.1, 0.15) is 0 Å². The van der Waals surface area contributed by atoms with Crippen LogP contribution in [0.4, 0.5) is 0 Å². The van der Waals surface area contributed by atoms with Crippen molar-refractivity contribution in [1.29, 1.82) is 0 Å². The first kappa shape index (κ1) is 12.3. The third kappa shape index (κ3) is 4.36. The lowest BCUT2D eigenvalue weighted by Gasteiger charge is -2.19. The van der Waals surface area contributed by atoms with Crippen molar-refractivity contribution in [1.82, 2.24) is 0 Å². The van der Waals surface area contributed by atoms with Gasteiger partial charge in [-0.1, -0.05) is 25.6 Å². The zero-order chi connectivity index (χ0) is 8.27. The fraction of sp³-hybridized carbons (Fsp3) is 0.875. The molecule has 1 aliphatic heterocycles. The van der Waals surface area contributed by atoms with Gasteiger partial charge >= 0.3 is 0 Å². The van der Waals surface area contributed by atoms with Crippen molar-refractivity contribution in [2.24, 2.45) is 16.6 Å². The minimum Gasteiger partial charge on any atom is -0.379 e. The van der Waals surface area contributed by atoms with Crippen LogP contribution in [0.1, 0.15) is 26.7 Å². The zero-order valence-electron chi connectivity index (χ0n) is 7.62. The van der Waals surface area contributed by atoms with E-state index in [1.54, 1.807) is 11.8 Å². The fourth-order valence-electron chi connectivity index (χ4n) is 1.30. The standard InChI is InChI=1S/C8H16N2S.BrH/c1-6(2)5-7-3-4-11-8(9)10-7;/h6-7H,3-5H2,1-2H3,(H2,9,10);1H. The molecular formula is C8H17BrN2S. The maximum absolute atomic E-state index is 5.61. The predicted octanol–water partition coefficient (Wildman–Crippen LogP) is 2.43. The monoisotopic (exact) mass is 252 g/mol. The predicted molar refractivity (Wildman–Crippen MR) is 62.3 cm³/mol. The first-order chi connectivity index (χ1) is 5.18. The number of thioether (sulfide) groups is 1. The van der Waals surface area contributed by atoms with E-state index < -0.39 is 0 Å². The fourth-order valence-corrected chi connectivity index (χ4v) is 2.12. The van der Waals surface area contributed by atoms with Gasteiger partial charge in [0, 0.05) is 5.75 Å². The van der Waals surface area contributed by atoms with Crippen molar-refractivity contribution in [2.75, 3.05) is 5.75 Å². The molecule has 1 unspecified atom stereocenters. The third-order valence-corrected chi connectivity index (χ3v) is 2.60. The average molecular weight is 253 g/mol. The highest BCUT2D eigenvalue weighted by molar-refractivity contribution is 8.93. The van der Waals surface area contributed by atoms with Gasteiger partial charge in [0.2, 0.25) is 0 Å². The van der Waals surface area contributed by atoms with E-state index in [4.69, 9.17) is 5.73 Å². The highest BCUT2D eigenvalue weighted by Gasteiger charge is 2.14. The number of rotatable bonds is 2. The second-order valence-corrected chi connectivity index (χ2v) is 4.50. The molecule has 0 saturated carbocycles. The van der Waals surface area contributed by atoms with Crippen molar-refractivity contribution in [2.45, 2.75) is 32.7 Å². The molecule has 2 N–H and O–H groups in total. The number of hydrogen-bond donors (Lipinski definition) is 1. The molecule has 0 aromatic carbocycles. The molecule has 12 heavy (non-hydrogen) atoms. The van der Waals surface area contributed by atoms with Crippen LogP contribution >= 0.6 is 28.7 Å². The van der Waals surface area contributed by atoms with E-state index in [1.165, 1.54) is 12.8 Å². The van der Waals surface area contributed by atoms with E-state index in [0.29, 0.717) is 6.04 Å². The smallest absolute Gasteiger partial charge is 0.154 e. The molecule has 4 heteroatoms. The molecule has 0 aromatic heterocycles. The summed E-state index contributed by atoms with van der Waals surface area (Å²) in [6, 6.07) is 0.497. The second-order valence-electron chi connectivity index (χ2n) is 3.39. The van der Waals surface area contributed by atoms with Crippen LogP contribution in [0, 0.1) is 5.92 Å². The van der Waals surface area contributed by atoms with E-state index in [-0.39, 0.29) is 17.0 Å². The topological polar surface area (TPSA) is 38.4 Å². The molecule has 1 aliphatic rings. The quantitative estimate of drug-likeness (QED) is 0.820. The van der Waals surface area contributed by atoms with Crippen LogP contribution in [0.5, 0.6) is 0 Å². The van der Waals surface area contributed by atoms with Gasteiger partial charge in [-0.15, -0.1) is 17.0 Å². The van der Waals surface area contributed by atoms with Crippen molar-refractivity contribution >= 4 is 33.9 Å². The lowest BCUT2D eigenvalue weighted by atomic mass is 10.0. The Bertz CT molecular complexity index is 159. The van der Waals surface area contributed by atoms with Gasteiger partial charge in [0.25, 0.3) is 0 Å². The van der Waals surface area contributed by atoms with Crippen molar-refractivity contribution in [3.8, 4) is 0 Å².